The summed E-state index contributed by atoms with van der Waals surface area (Å²) in [7, 11) is 0. The van der Waals surface area contributed by atoms with Gasteiger partial charge in [0.25, 0.3) is 0 Å². The first-order valence-corrected chi connectivity index (χ1v) is 17.2. The van der Waals surface area contributed by atoms with Gasteiger partial charge in [0.15, 0.2) is 5.78 Å². The van der Waals surface area contributed by atoms with Gasteiger partial charge >= 0.3 is 5.97 Å². The third-order valence-corrected chi connectivity index (χ3v) is 8.94. The Morgan fingerprint density at radius 3 is 1.83 bits per heavy atom. The van der Waals surface area contributed by atoms with Gasteiger partial charge in [0.1, 0.15) is 23.0 Å². The van der Waals surface area contributed by atoms with E-state index in [1.165, 1.54) is 44.9 Å². The minimum absolute atomic E-state index is 0.0319. The summed E-state index contributed by atoms with van der Waals surface area (Å²) in [5, 5.41) is 1.76. The van der Waals surface area contributed by atoms with Crippen LogP contribution in [0.1, 0.15) is 98.4 Å². The van der Waals surface area contributed by atoms with Gasteiger partial charge in [-0.2, -0.15) is 0 Å². The zero-order valence-corrected chi connectivity index (χ0v) is 28.4. The number of rotatable bonds is 17. The van der Waals surface area contributed by atoms with Gasteiger partial charge in [-0.15, -0.1) is 0 Å². The summed E-state index contributed by atoms with van der Waals surface area (Å²) < 4.78 is 17.5. The zero-order valence-electron chi connectivity index (χ0n) is 28.4. The molecular weight excluding hydrogens is 596 g/mol. The summed E-state index contributed by atoms with van der Waals surface area (Å²) in [5.74, 6) is 2.07. The van der Waals surface area contributed by atoms with E-state index in [4.69, 9.17) is 14.2 Å². The Morgan fingerprint density at radius 1 is 0.562 bits per heavy atom. The van der Waals surface area contributed by atoms with Crippen molar-refractivity contribution < 1.29 is 23.8 Å². The lowest BCUT2D eigenvalue weighted by atomic mass is 9.84. The number of esters is 1. The molecule has 0 saturated carbocycles. The molecule has 0 bridgehead atoms. The van der Waals surface area contributed by atoms with E-state index in [0.29, 0.717) is 39.4 Å². The van der Waals surface area contributed by atoms with E-state index in [1.807, 2.05) is 60.7 Å². The number of carbonyl (C=O) groups excluding carboxylic acids is 2. The third kappa shape index (κ3) is 10.0. The van der Waals surface area contributed by atoms with Crippen molar-refractivity contribution in [3.63, 3.8) is 0 Å². The average Bonchev–Trinajstić information content (AvgIpc) is 3.11. The van der Waals surface area contributed by atoms with Crippen molar-refractivity contribution in [3.8, 4) is 23.0 Å². The fourth-order valence-corrected chi connectivity index (χ4v) is 5.53. The van der Waals surface area contributed by atoms with Crippen molar-refractivity contribution in [2.45, 2.75) is 72.1 Å². The van der Waals surface area contributed by atoms with Crippen molar-refractivity contribution in [2.75, 3.05) is 6.61 Å². The van der Waals surface area contributed by atoms with Crippen LogP contribution >= 0.6 is 0 Å². The van der Waals surface area contributed by atoms with Crippen LogP contribution in [0, 0.1) is 5.41 Å². The number of benzene rings is 5. The number of fused-ring (bicyclic) bond motifs is 1. The summed E-state index contributed by atoms with van der Waals surface area (Å²) >= 11 is 0. The first-order valence-electron chi connectivity index (χ1n) is 17.2. The van der Waals surface area contributed by atoms with Crippen LogP contribution in [0.25, 0.3) is 10.8 Å². The second kappa shape index (κ2) is 16.8. The molecule has 0 N–H and O–H groups in total. The second-order valence-corrected chi connectivity index (χ2v) is 13.1. The van der Waals surface area contributed by atoms with Crippen LogP contribution < -0.4 is 14.2 Å². The van der Waals surface area contributed by atoms with E-state index in [-0.39, 0.29) is 5.78 Å². The van der Waals surface area contributed by atoms with Gasteiger partial charge in [0.05, 0.1) is 12.2 Å². The summed E-state index contributed by atoms with van der Waals surface area (Å²) in [4.78, 5) is 25.7. The van der Waals surface area contributed by atoms with Gasteiger partial charge in [-0.25, -0.2) is 4.79 Å². The minimum atomic E-state index is -0.464. The van der Waals surface area contributed by atoms with Crippen LogP contribution in [0.3, 0.4) is 0 Å². The number of unbranched alkanes of at least 4 members (excludes halogenated alkanes) is 5. The highest BCUT2D eigenvalue weighted by Crippen LogP contribution is 2.28. The predicted octanol–water partition coefficient (Wildman–Crippen LogP) is 11.6. The first kappa shape index (κ1) is 34.4. The van der Waals surface area contributed by atoms with Crippen molar-refractivity contribution in [2.24, 2.45) is 5.41 Å². The summed E-state index contributed by atoms with van der Waals surface area (Å²) in [6.07, 6.45) is 10.1. The van der Waals surface area contributed by atoms with Crippen LogP contribution in [0.4, 0.5) is 0 Å². The van der Waals surface area contributed by atoms with E-state index in [1.54, 1.807) is 54.6 Å². The largest absolute Gasteiger partial charge is 0.494 e. The third-order valence-electron chi connectivity index (χ3n) is 8.94. The Morgan fingerprint density at radius 2 is 1.12 bits per heavy atom. The van der Waals surface area contributed by atoms with Gasteiger partial charge in [-0.1, -0.05) is 108 Å². The van der Waals surface area contributed by atoms with E-state index >= 15 is 0 Å². The van der Waals surface area contributed by atoms with E-state index < -0.39 is 5.97 Å². The van der Waals surface area contributed by atoms with Crippen LogP contribution in [0.2, 0.25) is 0 Å². The van der Waals surface area contributed by atoms with Crippen LogP contribution in [0.15, 0.2) is 115 Å². The lowest BCUT2D eigenvalue weighted by Crippen LogP contribution is -2.08. The van der Waals surface area contributed by atoms with E-state index in [9.17, 15) is 9.59 Å². The summed E-state index contributed by atoms with van der Waals surface area (Å²) in [6.45, 7) is 7.73. The monoisotopic (exact) mass is 642 g/mol. The minimum Gasteiger partial charge on any atom is -0.494 e. The number of ether oxygens (including phenoxy) is 3. The van der Waals surface area contributed by atoms with Crippen LogP contribution in [-0.2, 0) is 0 Å². The van der Waals surface area contributed by atoms with Gasteiger partial charge in [0, 0.05) is 11.1 Å². The molecule has 5 aromatic carbocycles. The normalized spacial score (nSPS) is 11.3. The van der Waals surface area contributed by atoms with Gasteiger partial charge in [-0.3, -0.25) is 4.79 Å². The molecule has 0 unspecified atom stereocenters. The highest BCUT2D eigenvalue weighted by atomic mass is 16.5. The van der Waals surface area contributed by atoms with Crippen molar-refractivity contribution in [3.05, 3.63) is 132 Å². The maximum absolute atomic E-state index is 12.9. The Hall–Kier alpha value is -4.90. The Bertz CT molecular complexity index is 1770. The molecule has 248 valence electrons. The summed E-state index contributed by atoms with van der Waals surface area (Å²) in [5.41, 5.74) is 2.15. The fraction of sp³-hybridized carbons (Fsp3) is 0.302. The molecule has 0 aliphatic carbocycles. The molecule has 0 aliphatic rings. The second-order valence-electron chi connectivity index (χ2n) is 13.1. The van der Waals surface area contributed by atoms with Crippen molar-refractivity contribution in [1.82, 2.24) is 0 Å². The molecule has 0 radical (unpaired) electrons. The molecule has 0 aliphatic heterocycles. The summed E-state index contributed by atoms with van der Waals surface area (Å²) in [6, 6.07) is 34.6. The van der Waals surface area contributed by atoms with E-state index in [2.05, 4.69) is 20.8 Å². The lowest BCUT2D eigenvalue weighted by Gasteiger charge is -2.22. The molecule has 0 spiro atoms. The number of carbonyl (C=O) groups is 2. The molecule has 0 heterocycles. The molecular formula is C43H46O5. The predicted molar refractivity (Wildman–Crippen MR) is 194 cm³/mol. The molecule has 5 aromatic rings. The number of hydrogen-bond acceptors (Lipinski definition) is 5. The number of ketones is 1. The molecule has 0 atom stereocenters. The topological polar surface area (TPSA) is 61.8 Å². The van der Waals surface area contributed by atoms with Crippen LogP contribution in [0.5, 0.6) is 23.0 Å². The van der Waals surface area contributed by atoms with Crippen LogP contribution in [-0.4, -0.2) is 18.4 Å². The average molecular weight is 643 g/mol. The highest BCUT2D eigenvalue weighted by molar-refractivity contribution is 6.10. The molecule has 5 nitrogen and oxygen atoms in total. The smallest absolute Gasteiger partial charge is 0.343 e. The zero-order chi connectivity index (χ0) is 33.8. The number of hydrogen-bond donors (Lipinski definition) is 0. The fourth-order valence-electron chi connectivity index (χ4n) is 5.53. The molecule has 48 heavy (non-hydrogen) atoms. The Balaban J connectivity index is 1.04. The maximum Gasteiger partial charge on any atom is 0.343 e. The van der Waals surface area contributed by atoms with Gasteiger partial charge < -0.3 is 14.2 Å². The van der Waals surface area contributed by atoms with Gasteiger partial charge in [0.2, 0.25) is 0 Å². The Labute approximate surface area is 284 Å². The van der Waals surface area contributed by atoms with E-state index in [0.717, 1.165) is 29.5 Å². The van der Waals surface area contributed by atoms with Crippen molar-refractivity contribution in [1.29, 1.82) is 0 Å². The quantitative estimate of drug-likeness (QED) is 0.0437. The SMILES string of the molecule is CCC(C)(C)CCCCCCCCOc1ccc(Oc2ccc(C(=O)Oc3ccc4cc(C(=O)c5ccccc5)ccc4c3)cc2)cc1. The van der Waals surface area contributed by atoms with Crippen molar-refractivity contribution >= 4 is 22.5 Å². The molecule has 5 heteroatoms. The molecule has 5 rings (SSSR count). The highest BCUT2D eigenvalue weighted by Gasteiger charge is 2.14. The first-order chi connectivity index (χ1) is 23.3. The maximum atomic E-state index is 12.9. The molecule has 0 saturated heterocycles. The Kier molecular flexibility index (Phi) is 12.0. The molecule has 0 fully saturated rings. The van der Waals surface area contributed by atoms with Gasteiger partial charge in [-0.05, 0) is 95.8 Å². The lowest BCUT2D eigenvalue weighted by molar-refractivity contribution is 0.0734. The standard InChI is InChI=1S/C43H46O5/c1-4-43(2,3)28-12-7-5-6-8-13-29-46-37-24-26-39(27-25-37)47-38-21-18-33(19-22-38)42(45)48-40-23-20-34-30-36(17-16-35(34)31-40)41(44)32-14-10-9-11-15-32/h9-11,14-27,30-31H,4-8,12-13,28-29H2,1-3H3. The molecule has 0 amide bonds. The molecule has 0 aromatic heterocycles.